The molecule has 0 bridgehead atoms. The van der Waals surface area contributed by atoms with Crippen LogP contribution in [0.5, 0.6) is 0 Å². The minimum absolute atomic E-state index is 0.166. The molecule has 154 valence electrons. The van der Waals surface area contributed by atoms with E-state index in [0.29, 0.717) is 30.4 Å². The summed E-state index contributed by atoms with van der Waals surface area (Å²) in [5, 5.41) is 14.0. The number of aromatic nitrogens is 3. The lowest BCUT2D eigenvalue weighted by Crippen LogP contribution is -2.28. The van der Waals surface area contributed by atoms with Gasteiger partial charge in [-0.3, -0.25) is 9.59 Å². The van der Waals surface area contributed by atoms with Crippen molar-refractivity contribution in [2.24, 2.45) is 0 Å². The fourth-order valence-corrected chi connectivity index (χ4v) is 4.06. The Morgan fingerprint density at radius 3 is 2.79 bits per heavy atom. The summed E-state index contributed by atoms with van der Waals surface area (Å²) in [5.74, 6) is 0.394. The standard InChI is InChI=1S/C21H27N5O3/c27-20(22-13-19-25-23-14-26(19)17-8-2-1-3-9-17)15-6-4-7-16(12-15)24-21(28)18-10-5-11-29-18/h4,6-7,12,14,17-18H,1-3,5,8-11,13H2,(H,22,27)(H,24,28). The molecule has 2 aliphatic rings. The van der Waals surface area contributed by atoms with Gasteiger partial charge in [0, 0.05) is 23.9 Å². The van der Waals surface area contributed by atoms with Crippen molar-refractivity contribution in [2.75, 3.05) is 11.9 Å². The summed E-state index contributed by atoms with van der Waals surface area (Å²) in [7, 11) is 0. The summed E-state index contributed by atoms with van der Waals surface area (Å²) in [6.07, 6.45) is 8.97. The van der Waals surface area contributed by atoms with Gasteiger partial charge in [-0.15, -0.1) is 10.2 Å². The highest BCUT2D eigenvalue weighted by molar-refractivity contribution is 5.98. The van der Waals surface area contributed by atoms with Crippen LogP contribution >= 0.6 is 0 Å². The summed E-state index contributed by atoms with van der Waals surface area (Å²) in [6.45, 7) is 0.938. The Morgan fingerprint density at radius 2 is 2.00 bits per heavy atom. The third kappa shape index (κ3) is 4.82. The molecule has 1 aliphatic carbocycles. The van der Waals surface area contributed by atoms with Crippen LogP contribution in [0.1, 0.15) is 67.2 Å². The summed E-state index contributed by atoms with van der Waals surface area (Å²) in [5.41, 5.74) is 1.07. The first-order valence-corrected chi connectivity index (χ1v) is 10.4. The van der Waals surface area contributed by atoms with Gasteiger partial charge in [0.2, 0.25) is 0 Å². The first-order valence-electron chi connectivity index (χ1n) is 10.4. The zero-order valence-electron chi connectivity index (χ0n) is 16.5. The van der Waals surface area contributed by atoms with E-state index in [4.69, 9.17) is 4.74 Å². The highest BCUT2D eigenvalue weighted by atomic mass is 16.5. The molecule has 8 heteroatoms. The third-order valence-electron chi connectivity index (χ3n) is 5.64. The van der Waals surface area contributed by atoms with Crippen molar-refractivity contribution in [3.63, 3.8) is 0 Å². The molecular weight excluding hydrogens is 370 g/mol. The third-order valence-corrected chi connectivity index (χ3v) is 5.64. The van der Waals surface area contributed by atoms with E-state index >= 15 is 0 Å². The number of carbonyl (C=O) groups is 2. The maximum atomic E-state index is 12.6. The average Bonchev–Trinajstić information content (AvgIpc) is 3.45. The minimum atomic E-state index is -0.404. The quantitative estimate of drug-likeness (QED) is 0.781. The Hall–Kier alpha value is -2.74. The summed E-state index contributed by atoms with van der Waals surface area (Å²) < 4.78 is 7.49. The lowest BCUT2D eigenvalue weighted by Gasteiger charge is -2.24. The van der Waals surface area contributed by atoms with E-state index in [1.165, 1.54) is 19.3 Å². The molecule has 0 spiro atoms. The highest BCUT2D eigenvalue weighted by Crippen LogP contribution is 2.28. The fraction of sp³-hybridized carbons (Fsp3) is 0.524. The molecule has 2 heterocycles. The Bertz CT molecular complexity index is 854. The molecule has 29 heavy (non-hydrogen) atoms. The van der Waals surface area contributed by atoms with Crippen molar-refractivity contribution in [2.45, 2.75) is 63.6 Å². The number of nitrogens with zero attached hydrogens (tertiary/aromatic N) is 3. The van der Waals surface area contributed by atoms with Gasteiger partial charge in [-0.2, -0.15) is 0 Å². The maximum absolute atomic E-state index is 12.6. The zero-order valence-corrected chi connectivity index (χ0v) is 16.5. The summed E-state index contributed by atoms with van der Waals surface area (Å²) >= 11 is 0. The van der Waals surface area contributed by atoms with Crippen LogP contribution in [-0.4, -0.2) is 39.3 Å². The predicted octanol–water partition coefficient (Wildman–Crippen LogP) is 2.83. The van der Waals surface area contributed by atoms with E-state index < -0.39 is 6.10 Å². The van der Waals surface area contributed by atoms with Gasteiger partial charge in [0.15, 0.2) is 5.82 Å². The highest BCUT2D eigenvalue weighted by Gasteiger charge is 2.24. The zero-order chi connectivity index (χ0) is 20.1. The molecule has 2 amide bonds. The first-order chi connectivity index (χ1) is 14.2. The average molecular weight is 397 g/mol. The number of ether oxygens (including phenoxy) is 1. The largest absolute Gasteiger partial charge is 0.368 e. The van der Waals surface area contributed by atoms with Crippen LogP contribution in [0.25, 0.3) is 0 Å². The van der Waals surface area contributed by atoms with Crippen molar-refractivity contribution in [3.05, 3.63) is 42.0 Å². The molecule has 1 atom stereocenters. The number of carbonyl (C=O) groups excluding carboxylic acids is 2. The van der Waals surface area contributed by atoms with Crippen LogP contribution in [0.2, 0.25) is 0 Å². The molecule has 0 radical (unpaired) electrons. The van der Waals surface area contributed by atoms with Gasteiger partial charge in [0.05, 0.1) is 6.54 Å². The molecule has 4 rings (SSSR count). The Morgan fingerprint density at radius 1 is 1.14 bits per heavy atom. The molecule has 1 aliphatic heterocycles. The SMILES string of the molecule is O=C(NCc1nncn1C1CCCCC1)c1cccc(NC(=O)C2CCCO2)c1. The number of anilines is 1. The Kier molecular flexibility index (Phi) is 6.19. The van der Waals surface area contributed by atoms with E-state index in [0.717, 1.165) is 31.5 Å². The van der Waals surface area contributed by atoms with Crippen LogP contribution < -0.4 is 10.6 Å². The molecule has 2 N–H and O–H groups in total. The summed E-state index contributed by atoms with van der Waals surface area (Å²) in [4.78, 5) is 24.8. The Balaban J connectivity index is 1.35. The molecule has 1 saturated carbocycles. The van der Waals surface area contributed by atoms with E-state index in [9.17, 15) is 9.59 Å². The van der Waals surface area contributed by atoms with E-state index in [1.807, 2.05) is 0 Å². The number of amides is 2. The minimum Gasteiger partial charge on any atom is -0.368 e. The monoisotopic (exact) mass is 397 g/mol. The van der Waals surface area contributed by atoms with Crippen LogP contribution in [0.3, 0.4) is 0 Å². The molecule has 1 aromatic carbocycles. The van der Waals surface area contributed by atoms with Crippen molar-refractivity contribution < 1.29 is 14.3 Å². The number of benzene rings is 1. The lowest BCUT2D eigenvalue weighted by molar-refractivity contribution is -0.124. The van der Waals surface area contributed by atoms with Crippen LogP contribution in [0.15, 0.2) is 30.6 Å². The van der Waals surface area contributed by atoms with E-state index in [1.54, 1.807) is 30.6 Å². The second-order valence-corrected chi connectivity index (χ2v) is 7.70. The van der Waals surface area contributed by atoms with Crippen LogP contribution in [0.4, 0.5) is 5.69 Å². The number of hydrogen-bond acceptors (Lipinski definition) is 5. The maximum Gasteiger partial charge on any atom is 0.253 e. The van der Waals surface area contributed by atoms with Crippen molar-refractivity contribution in [3.8, 4) is 0 Å². The van der Waals surface area contributed by atoms with Gasteiger partial charge in [-0.1, -0.05) is 25.3 Å². The molecule has 8 nitrogen and oxygen atoms in total. The number of nitrogens with one attached hydrogen (secondary N) is 2. The summed E-state index contributed by atoms with van der Waals surface area (Å²) in [6, 6.07) is 7.34. The number of hydrogen-bond donors (Lipinski definition) is 2. The first kappa shape index (κ1) is 19.6. The van der Waals surface area contributed by atoms with E-state index in [2.05, 4.69) is 25.4 Å². The molecular formula is C21H27N5O3. The van der Waals surface area contributed by atoms with Crippen molar-refractivity contribution >= 4 is 17.5 Å². The fourth-order valence-electron chi connectivity index (χ4n) is 4.06. The van der Waals surface area contributed by atoms with Gasteiger partial charge in [0.1, 0.15) is 12.4 Å². The molecule has 1 unspecified atom stereocenters. The van der Waals surface area contributed by atoms with Crippen LogP contribution in [0, 0.1) is 0 Å². The number of rotatable bonds is 6. The molecule has 2 aromatic rings. The normalized spacial score (nSPS) is 19.8. The van der Waals surface area contributed by atoms with Gasteiger partial charge in [-0.25, -0.2) is 0 Å². The van der Waals surface area contributed by atoms with Gasteiger partial charge in [0.25, 0.3) is 11.8 Å². The molecule has 1 saturated heterocycles. The van der Waals surface area contributed by atoms with Crippen molar-refractivity contribution in [1.29, 1.82) is 0 Å². The van der Waals surface area contributed by atoms with Crippen LogP contribution in [-0.2, 0) is 16.1 Å². The topological polar surface area (TPSA) is 98.1 Å². The second-order valence-electron chi connectivity index (χ2n) is 7.70. The Labute approximate surface area is 170 Å². The second kappa shape index (κ2) is 9.17. The lowest BCUT2D eigenvalue weighted by atomic mass is 9.95. The van der Waals surface area contributed by atoms with Gasteiger partial charge in [-0.05, 0) is 43.9 Å². The molecule has 2 fully saturated rings. The van der Waals surface area contributed by atoms with E-state index in [-0.39, 0.29) is 11.8 Å². The van der Waals surface area contributed by atoms with Gasteiger partial charge < -0.3 is 19.9 Å². The van der Waals surface area contributed by atoms with Crippen molar-refractivity contribution in [1.82, 2.24) is 20.1 Å². The molecule has 1 aromatic heterocycles. The van der Waals surface area contributed by atoms with Gasteiger partial charge >= 0.3 is 0 Å². The smallest absolute Gasteiger partial charge is 0.253 e. The predicted molar refractivity (Wildman–Crippen MR) is 107 cm³/mol.